The van der Waals surface area contributed by atoms with Gasteiger partial charge in [-0.1, -0.05) is 64.8 Å². The van der Waals surface area contributed by atoms with Crippen molar-refractivity contribution in [2.45, 2.75) is 65.3 Å². The van der Waals surface area contributed by atoms with Crippen LogP contribution in [0, 0.1) is 5.41 Å². The van der Waals surface area contributed by atoms with Gasteiger partial charge in [-0.3, -0.25) is 4.79 Å². The third-order valence-corrected chi connectivity index (χ3v) is 6.55. The number of hydrogen-bond acceptors (Lipinski definition) is 7. The second-order valence-corrected chi connectivity index (χ2v) is 10.5. The van der Waals surface area contributed by atoms with Crippen molar-refractivity contribution >= 4 is 23.2 Å². The van der Waals surface area contributed by atoms with Crippen LogP contribution < -0.4 is 10.5 Å². The van der Waals surface area contributed by atoms with Crippen molar-refractivity contribution in [2.24, 2.45) is 5.41 Å². The van der Waals surface area contributed by atoms with Crippen molar-refractivity contribution in [3.05, 3.63) is 65.1 Å². The molecular weight excluding hydrogens is 464 g/mol. The molecule has 1 amide bonds. The summed E-state index contributed by atoms with van der Waals surface area (Å²) >= 11 is 1.62. The van der Waals surface area contributed by atoms with Gasteiger partial charge in [0.05, 0.1) is 18.4 Å². The lowest BCUT2D eigenvalue weighted by Crippen LogP contribution is -2.45. The summed E-state index contributed by atoms with van der Waals surface area (Å²) in [6.07, 6.45) is 3.56. The van der Waals surface area contributed by atoms with Crippen molar-refractivity contribution in [1.82, 2.24) is 15.2 Å². The minimum atomic E-state index is -0.783. The number of Topliss-reactive ketones (excluding diaryl/α,β-unsaturated/α-hetero) is 1. The normalized spacial score (nSPS) is 17.0. The summed E-state index contributed by atoms with van der Waals surface area (Å²) < 4.78 is 6.03. The second kappa shape index (κ2) is 10.6. The lowest BCUT2D eigenvalue weighted by Gasteiger charge is -2.32. The molecule has 0 spiro atoms. The smallest absolute Gasteiger partial charge is 0.408 e. The molecule has 4 rings (SSSR count). The number of amides is 1. The summed E-state index contributed by atoms with van der Waals surface area (Å²) in [6.45, 7) is 8.15. The first-order chi connectivity index (χ1) is 16.8. The fraction of sp³-hybridized carbons (Fsp3) is 0.423. The van der Waals surface area contributed by atoms with Crippen LogP contribution in [0.25, 0.3) is 11.1 Å². The van der Waals surface area contributed by atoms with E-state index in [2.05, 4.69) is 21.9 Å². The van der Waals surface area contributed by atoms with Crippen LogP contribution in [0.2, 0.25) is 0 Å². The van der Waals surface area contributed by atoms with Crippen molar-refractivity contribution in [3.63, 3.8) is 0 Å². The van der Waals surface area contributed by atoms with E-state index in [4.69, 9.17) is 9.57 Å². The van der Waals surface area contributed by atoms with Gasteiger partial charge in [0.2, 0.25) is 5.78 Å². The van der Waals surface area contributed by atoms with Gasteiger partial charge in [0.25, 0.3) is 6.23 Å². The number of nitrogens with zero attached hydrogens (tertiary/aromatic N) is 3. The van der Waals surface area contributed by atoms with E-state index in [1.54, 1.807) is 29.8 Å². The minimum Gasteiger partial charge on any atom is -0.441 e. The van der Waals surface area contributed by atoms with Crippen LogP contribution in [0.5, 0.6) is 0 Å². The molecular formula is C26H32N4O4S. The number of hydrogen-bond donors (Lipinski definition) is 1. The maximum Gasteiger partial charge on any atom is 0.408 e. The van der Waals surface area contributed by atoms with E-state index in [0.29, 0.717) is 6.42 Å². The summed E-state index contributed by atoms with van der Waals surface area (Å²) in [5.74, 6) is -0.225. The zero-order valence-electron chi connectivity index (χ0n) is 20.5. The number of benzene rings is 1. The lowest BCUT2D eigenvalue weighted by atomic mass is 9.82. The predicted octanol–water partition coefficient (Wildman–Crippen LogP) is 5.46. The zero-order chi connectivity index (χ0) is 25.0. The van der Waals surface area contributed by atoms with E-state index in [-0.39, 0.29) is 11.2 Å². The van der Waals surface area contributed by atoms with Gasteiger partial charge in [0.1, 0.15) is 6.10 Å². The Balaban J connectivity index is 1.50. The number of carbonyl (C=O) groups excluding carboxylic acids is 2. The predicted molar refractivity (Wildman–Crippen MR) is 135 cm³/mol. The van der Waals surface area contributed by atoms with Crippen LogP contribution >= 0.6 is 11.3 Å². The topological polar surface area (TPSA) is 88.8 Å². The van der Waals surface area contributed by atoms with Crippen LogP contribution in [0.1, 0.15) is 58.6 Å². The number of carbonyl (C=O) groups is 2. The highest BCUT2D eigenvalue weighted by atomic mass is 32.1. The fourth-order valence-electron chi connectivity index (χ4n) is 4.03. The van der Waals surface area contributed by atoms with Crippen LogP contribution in [-0.4, -0.2) is 34.0 Å². The van der Waals surface area contributed by atoms with Crippen LogP contribution in [0.4, 0.5) is 4.79 Å². The minimum absolute atomic E-state index is 0.225. The van der Waals surface area contributed by atoms with Gasteiger partial charge in [-0.05, 0) is 40.4 Å². The first kappa shape index (κ1) is 24.9. The summed E-state index contributed by atoms with van der Waals surface area (Å²) in [6, 6.07) is 11.1. The van der Waals surface area contributed by atoms with Gasteiger partial charge < -0.3 is 10.1 Å². The number of hydroxylamine groups is 1. The van der Waals surface area contributed by atoms with Crippen LogP contribution in [-0.2, 0) is 14.4 Å². The van der Waals surface area contributed by atoms with Crippen LogP contribution in [0.15, 0.2) is 59.6 Å². The molecule has 0 aliphatic carbocycles. The van der Waals surface area contributed by atoms with Gasteiger partial charge in [0.15, 0.2) is 0 Å². The van der Waals surface area contributed by atoms with E-state index >= 15 is 0 Å². The van der Waals surface area contributed by atoms with Gasteiger partial charge in [-0.15, -0.1) is 5.17 Å². The monoisotopic (exact) mass is 496 g/mol. The Morgan fingerprint density at radius 3 is 2.69 bits per heavy atom. The molecule has 1 aliphatic heterocycles. The highest BCUT2D eigenvalue weighted by molar-refractivity contribution is 7.08. The van der Waals surface area contributed by atoms with Gasteiger partial charge in [-0.2, -0.15) is 21.2 Å². The number of ether oxygens (including phenoxy) is 1. The molecule has 186 valence electrons. The van der Waals surface area contributed by atoms with Gasteiger partial charge in [-0.25, -0.2) is 9.63 Å². The maximum atomic E-state index is 13.1. The van der Waals surface area contributed by atoms with Crippen LogP contribution in [0.3, 0.4) is 0 Å². The molecule has 1 aromatic carbocycles. The molecule has 1 saturated heterocycles. The van der Waals surface area contributed by atoms with Gasteiger partial charge in [0, 0.05) is 11.0 Å². The van der Waals surface area contributed by atoms with E-state index in [1.165, 1.54) is 9.96 Å². The summed E-state index contributed by atoms with van der Waals surface area (Å²) in [5.41, 5.74) is 2.68. The average molecular weight is 497 g/mol. The number of nitrogens with one attached hydrogen (secondary N) is 1. The second-order valence-electron chi connectivity index (χ2n) is 9.68. The van der Waals surface area contributed by atoms with Gasteiger partial charge >= 0.3 is 6.09 Å². The van der Waals surface area contributed by atoms with Crippen molar-refractivity contribution in [3.8, 4) is 11.1 Å². The SMILES string of the molecule is CCCC[C@H](NC(=O)O[C@@H](c1ccccc1-c1ccsc1)C(C)(C)C)C(=O)C1ON1n1cccn1. The summed E-state index contributed by atoms with van der Waals surface area (Å²) in [4.78, 5) is 33.2. The van der Waals surface area contributed by atoms with Crippen molar-refractivity contribution in [2.75, 3.05) is 5.17 Å². The highest BCUT2D eigenvalue weighted by Gasteiger charge is 2.48. The number of alkyl carbamates (subject to hydrolysis) is 1. The highest BCUT2D eigenvalue weighted by Crippen LogP contribution is 2.41. The Kier molecular flexibility index (Phi) is 7.57. The zero-order valence-corrected chi connectivity index (χ0v) is 21.3. The number of unbranched alkanes of at least 4 members (excludes halogenated alkanes) is 1. The average Bonchev–Trinajstić information content (AvgIpc) is 3.20. The van der Waals surface area contributed by atoms with E-state index in [1.807, 2.05) is 57.3 Å². The molecule has 3 heterocycles. The molecule has 0 radical (unpaired) electrons. The molecule has 9 heteroatoms. The molecule has 0 saturated carbocycles. The molecule has 1 unspecified atom stereocenters. The Labute approximate surface area is 209 Å². The first-order valence-electron chi connectivity index (χ1n) is 11.9. The fourth-order valence-corrected chi connectivity index (χ4v) is 4.69. The van der Waals surface area contributed by atoms with E-state index in [9.17, 15) is 9.59 Å². The van der Waals surface area contributed by atoms with E-state index < -0.39 is 24.5 Å². The largest absolute Gasteiger partial charge is 0.441 e. The third kappa shape index (κ3) is 5.91. The van der Waals surface area contributed by atoms with Crippen molar-refractivity contribution < 1.29 is 19.2 Å². The molecule has 1 aliphatic rings. The number of rotatable bonds is 10. The standard InChI is InChI=1S/C26H32N4O4S/c1-5-6-12-21(22(31)24-30(34-24)29-15-9-14-27-29)28-25(32)33-23(26(2,3)4)20-11-8-7-10-19(20)18-13-16-35-17-18/h7-11,13-17,21,23-24H,5-6,12H2,1-4H3,(H,28,32)/t21-,23-,24?,30?/m0/s1. The quantitative estimate of drug-likeness (QED) is 0.375. The molecule has 1 fully saturated rings. The third-order valence-electron chi connectivity index (χ3n) is 5.87. The molecule has 8 nitrogen and oxygen atoms in total. The first-order valence-corrected chi connectivity index (χ1v) is 12.8. The Morgan fingerprint density at radius 1 is 1.23 bits per heavy atom. The molecule has 35 heavy (non-hydrogen) atoms. The molecule has 3 aromatic rings. The number of thiophene rings is 1. The number of aromatic nitrogens is 2. The summed E-state index contributed by atoms with van der Waals surface area (Å²) in [7, 11) is 0. The van der Waals surface area contributed by atoms with E-state index in [0.717, 1.165) is 29.5 Å². The maximum absolute atomic E-state index is 13.1. The Morgan fingerprint density at radius 2 is 2.03 bits per heavy atom. The molecule has 3 atom stereocenters. The molecule has 0 bridgehead atoms. The Hall–Kier alpha value is -3.17. The Bertz CT molecular complexity index is 1120. The van der Waals surface area contributed by atoms with Crippen molar-refractivity contribution in [1.29, 1.82) is 0 Å². The number of ketones is 1. The molecule has 1 N–H and O–H groups in total. The lowest BCUT2D eigenvalue weighted by molar-refractivity contribution is -0.122. The summed E-state index contributed by atoms with van der Waals surface area (Å²) in [5, 5.41) is 12.4. The molecule has 2 aromatic heterocycles.